The van der Waals surface area contributed by atoms with Crippen molar-refractivity contribution in [2.45, 2.75) is 0 Å². The first-order chi connectivity index (χ1) is 22.8. The van der Waals surface area contributed by atoms with E-state index in [-0.39, 0.29) is 0 Å². The first-order valence-electron chi connectivity index (χ1n) is 15.4. The van der Waals surface area contributed by atoms with E-state index in [2.05, 4.69) is 180 Å². The lowest BCUT2D eigenvalue weighted by Gasteiger charge is -2.25. The number of nitrogens with zero attached hydrogens (tertiary/aromatic N) is 2. The molecule has 7 aromatic carbocycles. The monoisotopic (exact) mass is 608 g/mol. The lowest BCUT2D eigenvalue weighted by atomic mass is 10.1. The molecule has 0 saturated carbocycles. The summed E-state index contributed by atoms with van der Waals surface area (Å²) >= 11 is 1.84. The molecule has 9 aromatic rings. The van der Waals surface area contributed by atoms with Crippen LogP contribution in [0.3, 0.4) is 0 Å². The number of furan rings is 1. The van der Waals surface area contributed by atoms with Crippen LogP contribution in [-0.2, 0) is 0 Å². The molecule has 0 aliphatic rings. The van der Waals surface area contributed by atoms with E-state index < -0.39 is 0 Å². The van der Waals surface area contributed by atoms with Crippen LogP contribution in [0.5, 0.6) is 0 Å². The first-order valence-corrected chi connectivity index (χ1v) is 16.2. The summed E-state index contributed by atoms with van der Waals surface area (Å²) in [5.41, 5.74) is 8.29. The second-order valence-corrected chi connectivity index (χ2v) is 12.5. The van der Waals surface area contributed by atoms with Crippen LogP contribution in [0.2, 0.25) is 0 Å². The molecule has 0 atom stereocenters. The minimum atomic E-state index is 0.860. The molecule has 0 aliphatic heterocycles. The van der Waals surface area contributed by atoms with Crippen molar-refractivity contribution in [1.82, 2.24) is 0 Å². The normalized spacial score (nSPS) is 11.5. The number of rotatable bonds is 6. The summed E-state index contributed by atoms with van der Waals surface area (Å²) < 4.78 is 9.13. The third kappa shape index (κ3) is 4.50. The van der Waals surface area contributed by atoms with Crippen molar-refractivity contribution in [2.75, 3.05) is 9.80 Å². The summed E-state index contributed by atoms with van der Waals surface area (Å²) in [6.07, 6.45) is 0. The Morgan fingerprint density at radius 1 is 0.326 bits per heavy atom. The second-order valence-electron chi connectivity index (χ2n) is 11.4. The highest BCUT2D eigenvalue weighted by atomic mass is 32.1. The lowest BCUT2D eigenvalue weighted by Crippen LogP contribution is -2.09. The van der Waals surface area contributed by atoms with Crippen LogP contribution in [-0.4, -0.2) is 0 Å². The number of hydrogen-bond acceptors (Lipinski definition) is 4. The highest BCUT2D eigenvalue weighted by molar-refractivity contribution is 7.25. The smallest absolute Gasteiger partial charge is 0.137 e. The second kappa shape index (κ2) is 11.0. The summed E-state index contributed by atoms with van der Waals surface area (Å²) in [6.45, 7) is 0. The van der Waals surface area contributed by atoms with Gasteiger partial charge in [0, 0.05) is 71.1 Å². The van der Waals surface area contributed by atoms with Crippen LogP contribution < -0.4 is 9.80 Å². The average Bonchev–Trinajstić information content (AvgIpc) is 3.67. The fourth-order valence-corrected chi connectivity index (χ4v) is 7.60. The van der Waals surface area contributed by atoms with E-state index >= 15 is 0 Å². The molecule has 9 rings (SSSR count). The maximum atomic E-state index is 6.53. The van der Waals surface area contributed by atoms with Crippen molar-refractivity contribution >= 4 is 87.6 Å². The molecule has 2 heterocycles. The van der Waals surface area contributed by atoms with Gasteiger partial charge in [-0.1, -0.05) is 72.8 Å². The highest BCUT2D eigenvalue weighted by Crippen LogP contribution is 2.43. The number of fused-ring (bicyclic) bond motifs is 6. The van der Waals surface area contributed by atoms with Crippen LogP contribution in [0.15, 0.2) is 174 Å². The van der Waals surface area contributed by atoms with E-state index in [1.807, 2.05) is 11.3 Å². The third-order valence-electron chi connectivity index (χ3n) is 8.62. The van der Waals surface area contributed by atoms with Gasteiger partial charge in [0.25, 0.3) is 0 Å². The third-order valence-corrected chi connectivity index (χ3v) is 9.77. The standard InChI is InChI=1S/C42H28N2OS/c1-4-12-29(13-5-1)43(30-14-6-2-7-15-30)32-21-24-39-37(26-32)35-23-20-34(28-40(35)45-39)44(31-16-8-3-9-17-31)33-22-25-42-38(27-33)36-18-10-11-19-41(36)46-42/h1-28H. The van der Waals surface area contributed by atoms with Crippen molar-refractivity contribution in [3.8, 4) is 0 Å². The maximum Gasteiger partial charge on any atom is 0.137 e. The Kier molecular flexibility index (Phi) is 6.32. The van der Waals surface area contributed by atoms with E-state index in [1.54, 1.807) is 0 Å². The number of para-hydroxylation sites is 3. The number of benzene rings is 7. The van der Waals surface area contributed by atoms with Crippen LogP contribution >= 0.6 is 11.3 Å². The Balaban J connectivity index is 1.18. The van der Waals surface area contributed by atoms with Crippen molar-refractivity contribution in [3.63, 3.8) is 0 Å². The van der Waals surface area contributed by atoms with Crippen molar-refractivity contribution in [3.05, 3.63) is 170 Å². The van der Waals surface area contributed by atoms with Crippen molar-refractivity contribution < 1.29 is 4.42 Å². The molecule has 3 nitrogen and oxygen atoms in total. The molecular formula is C42H28N2OS. The van der Waals surface area contributed by atoms with Crippen molar-refractivity contribution in [2.24, 2.45) is 0 Å². The van der Waals surface area contributed by atoms with Crippen LogP contribution in [0.1, 0.15) is 0 Å². The summed E-state index contributed by atoms with van der Waals surface area (Å²) in [4.78, 5) is 4.60. The summed E-state index contributed by atoms with van der Waals surface area (Å²) in [6, 6.07) is 60.1. The Hall–Kier alpha value is -5.84. The molecular weight excluding hydrogens is 581 g/mol. The van der Waals surface area contributed by atoms with Crippen LogP contribution in [0.25, 0.3) is 42.1 Å². The molecule has 0 radical (unpaired) electrons. The van der Waals surface area contributed by atoms with Gasteiger partial charge in [-0.3, -0.25) is 0 Å². The number of anilines is 6. The molecule has 218 valence electrons. The molecule has 0 amide bonds. The van der Waals surface area contributed by atoms with Gasteiger partial charge in [-0.2, -0.15) is 0 Å². The van der Waals surface area contributed by atoms with Gasteiger partial charge >= 0.3 is 0 Å². The highest BCUT2D eigenvalue weighted by Gasteiger charge is 2.18. The Morgan fingerprint density at radius 3 is 1.50 bits per heavy atom. The molecule has 0 fully saturated rings. The predicted molar refractivity (Wildman–Crippen MR) is 196 cm³/mol. The summed E-state index contributed by atoms with van der Waals surface area (Å²) in [5.74, 6) is 0. The van der Waals surface area contributed by atoms with E-state index in [0.29, 0.717) is 0 Å². The molecule has 46 heavy (non-hydrogen) atoms. The van der Waals surface area contributed by atoms with Gasteiger partial charge in [-0.25, -0.2) is 0 Å². The molecule has 0 N–H and O–H groups in total. The SMILES string of the molecule is c1ccc(N(c2ccccc2)c2ccc3oc4cc(N(c5ccccc5)c5ccc6sc7ccccc7c6c5)ccc4c3c2)cc1. The van der Waals surface area contributed by atoms with E-state index in [9.17, 15) is 0 Å². The first kappa shape index (κ1) is 26.6. The largest absolute Gasteiger partial charge is 0.456 e. The molecule has 0 unspecified atom stereocenters. The van der Waals surface area contributed by atoms with Gasteiger partial charge in [0.05, 0.1) is 0 Å². The molecule has 4 heteroatoms. The van der Waals surface area contributed by atoms with Gasteiger partial charge in [-0.05, 0) is 91.0 Å². The average molecular weight is 609 g/mol. The predicted octanol–water partition coefficient (Wildman–Crippen LogP) is 12.9. The van der Waals surface area contributed by atoms with E-state index in [0.717, 1.165) is 56.1 Å². The molecule has 0 saturated heterocycles. The lowest BCUT2D eigenvalue weighted by molar-refractivity contribution is 0.669. The molecule has 0 aliphatic carbocycles. The topological polar surface area (TPSA) is 19.6 Å². The molecule has 0 bridgehead atoms. The zero-order valence-corrected chi connectivity index (χ0v) is 25.7. The Bertz CT molecular complexity index is 2440. The molecule has 0 spiro atoms. The van der Waals surface area contributed by atoms with Gasteiger partial charge in [-0.15, -0.1) is 11.3 Å². The van der Waals surface area contributed by atoms with Gasteiger partial charge in [0.2, 0.25) is 0 Å². The summed E-state index contributed by atoms with van der Waals surface area (Å²) in [7, 11) is 0. The summed E-state index contributed by atoms with van der Waals surface area (Å²) in [5, 5.41) is 4.75. The van der Waals surface area contributed by atoms with Gasteiger partial charge in [0.15, 0.2) is 0 Å². The maximum absolute atomic E-state index is 6.53. The van der Waals surface area contributed by atoms with Gasteiger partial charge in [0.1, 0.15) is 11.2 Å². The van der Waals surface area contributed by atoms with E-state index in [1.165, 1.54) is 20.2 Å². The van der Waals surface area contributed by atoms with Gasteiger partial charge < -0.3 is 14.2 Å². The number of thiophene rings is 1. The van der Waals surface area contributed by atoms with Crippen LogP contribution in [0, 0.1) is 0 Å². The minimum absolute atomic E-state index is 0.860. The quantitative estimate of drug-likeness (QED) is 0.187. The van der Waals surface area contributed by atoms with Crippen molar-refractivity contribution in [1.29, 1.82) is 0 Å². The Labute approximate surface area is 270 Å². The Morgan fingerprint density at radius 2 is 0.826 bits per heavy atom. The fourth-order valence-electron chi connectivity index (χ4n) is 6.51. The number of hydrogen-bond donors (Lipinski definition) is 0. The van der Waals surface area contributed by atoms with Crippen LogP contribution in [0.4, 0.5) is 34.1 Å². The zero-order valence-electron chi connectivity index (χ0n) is 24.9. The fraction of sp³-hybridized carbons (Fsp3) is 0. The zero-order chi connectivity index (χ0) is 30.5. The molecule has 2 aromatic heterocycles. The van der Waals surface area contributed by atoms with E-state index in [4.69, 9.17) is 4.42 Å². The minimum Gasteiger partial charge on any atom is -0.456 e.